The summed E-state index contributed by atoms with van der Waals surface area (Å²) in [5.74, 6) is 0.954. The van der Waals surface area contributed by atoms with Gasteiger partial charge in [-0.3, -0.25) is 4.79 Å². The Morgan fingerprint density at radius 1 is 1.35 bits per heavy atom. The zero-order valence-corrected chi connectivity index (χ0v) is 9.84. The van der Waals surface area contributed by atoms with Crippen LogP contribution < -0.4 is 5.32 Å². The van der Waals surface area contributed by atoms with Crippen LogP contribution in [0, 0.1) is 11.8 Å². The lowest BCUT2D eigenvalue weighted by atomic mass is 9.81. The van der Waals surface area contributed by atoms with E-state index in [4.69, 9.17) is 12.6 Å². The molecule has 0 aromatic heterocycles. The number of amides is 1. The average molecular weight is 232 g/mol. The Hall–Kier alpha value is -0.965. The van der Waals surface area contributed by atoms with Crippen molar-refractivity contribution in [3.8, 4) is 0 Å². The molecule has 0 aromatic carbocycles. The van der Waals surface area contributed by atoms with Crippen molar-refractivity contribution in [3.63, 3.8) is 0 Å². The maximum absolute atomic E-state index is 12.3. The summed E-state index contributed by atoms with van der Waals surface area (Å²) in [5.41, 5.74) is 0. The maximum atomic E-state index is 12.3. The molecule has 2 saturated heterocycles. The van der Waals surface area contributed by atoms with Gasteiger partial charge in [0.25, 0.3) is 5.91 Å². The molecule has 0 saturated carbocycles. The van der Waals surface area contributed by atoms with Gasteiger partial charge in [-0.25, -0.2) is 0 Å². The van der Waals surface area contributed by atoms with Crippen LogP contribution in [0.15, 0.2) is 12.3 Å². The maximum Gasteiger partial charge on any atom is 0.263 e. The summed E-state index contributed by atoms with van der Waals surface area (Å²) >= 11 is 0. The van der Waals surface area contributed by atoms with Crippen LogP contribution in [0.1, 0.15) is 6.42 Å². The van der Waals surface area contributed by atoms with Gasteiger partial charge in [0, 0.05) is 13.1 Å². The van der Waals surface area contributed by atoms with Gasteiger partial charge < -0.3 is 15.0 Å². The van der Waals surface area contributed by atoms with Gasteiger partial charge in [0.2, 0.25) is 0 Å². The lowest BCUT2D eigenvalue weighted by Gasteiger charge is -2.42. The van der Waals surface area contributed by atoms with Gasteiger partial charge in [0.1, 0.15) is 0 Å². The highest BCUT2D eigenvalue weighted by Gasteiger charge is 2.37. The minimum Gasteiger partial charge on any atom is -0.489 e. The van der Waals surface area contributed by atoms with Gasteiger partial charge in [0.05, 0.1) is 14.1 Å². The molecule has 0 aliphatic carbocycles. The molecule has 2 bridgehead atoms. The molecule has 0 spiro atoms. The highest BCUT2D eigenvalue weighted by Crippen LogP contribution is 2.28. The molecule has 17 heavy (non-hydrogen) atoms. The molecule has 1 N–H and O–H groups in total. The smallest absolute Gasteiger partial charge is 0.263 e. The van der Waals surface area contributed by atoms with E-state index in [1.807, 2.05) is 4.90 Å². The van der Waals surface area contributed by atoms with Crippen molar-refractivity contribution < 1.29 is 9.53 Å². The zero-order chi connectivity index (χ0) is 11.8. The second-order valence-electron chi connectivity index (χ2n) is 5.33. The molecular formula is C12H17BN2O2. The molecule has 3 aliphatic rings. The summed E-state index contributed by atoms with van der Waals surface area (Å²) in [6, 6.07) is 0. The lowest BCUT2D eigenvalue weighted by molar-refractivity contribution is -0.143. The van der Waals surface area contributed by atoms with E-state index in [1.54, 1.807) is 12.3 Å². The Bertz CT molecular complexity index is 335. The van der Waals surface area contributed by atoms with Crippen molar-refractivity contribution in [1.82, 2.24) is 10.2 Å². The molecule has 90 valence electrons. The van der Waals surface area contributed by atoms with E-state index in [0.29, 0.717) is 11.8 Å². The second-order valence-corrected chi connectivity index (χ2v) is 5.33. The van der Waals surface area contributed by atoms with E-state index in [2.05, 4.69) is 5.32 Å². The van der Waals surface area contributed by atoms with Gasteiger partial charge in [-0.1, -0.05) is 6.08 Å². The molecule has 1 amide bonds. The predicted octanol–water partition coefficient (Wildman–Crippen LogP) is -0.0762. The zero-order valence-electron chi connectivity index (χ0n) is 9.84. The molecule has 3 rings (SSSR count). The van der Waals surface area contributed by atoms with Gasteiger partial charge in [0.15, 0.2) is 6.10 Å². The van der Waals surface area contributed by atoms with E-state index in [0.717, 1.165) is 26.2 Å². The predicted molar refractivity (Wildman–Crippen MR) is 64.6 cm³/mol. The highest BCUT2D eigenvalue weighted by atomic mass is 16.5. The number of hydrogen-bond donors (Lipinski definition) is 1. The Kier molecular flexibility index (Phi) is 2.86. The molecule has 3 heterocycles. The number of nitrogens with one attached hydrogen (secondary N) is 1. The quantitative estimate of drug-likeness (QED) is 0.643. The number of hydrogen-bond acceptors (Lipinski definition) is 3. The van der Waals surface area contributed by atoms with E-state index >= 15 is 0 Å². The van der Waals surface area contributed by atoms with E-state index in [-0.39, 0.29) is 11.7 Å². The number of rotatable bonds is 1. The molecule has 4 atom stereocenters. The standard InChI is InChI=1S/C12H17BN2O2/c13-10-1-2-17-11(10)12(16)15-6-8-3-9(7-15)5-14-4-8/h1-2,8-11,14H,3-7H2. The van der Waals surface area contributed by atoms with Crippen LogP contribution in [-0.4, -0.2) is 50.9 Å². The second kappa shape index (κ2) is 4.37. The van der Waals surface area contributed by atoms with Crippen LogP contribution in [0.2, 0.25) is 5.82 Å². The highest BCUT2D eigenvalue weighted by molar-refractivity contribution is 6.15. The summed E-state index contributed by atoms with van der Waals surface area (Å²) in [6.07, 6.45) is 4.03. The first-order chi connectivity index (χ1) is 8.24. The molecule has 2 fully saturated rings. The van der Waals surface area contributed by atoms with Crippen molar-refractivity contribution in [2.45, 2.75) is 18.3 Å². The molecule has 3 aliphatic heterocycles. The number of ether oxygens (including phenoxy) is 1. The summed E-state index contributed by atoms with van der Waals surface area (Å²) in [5, 5.41) is 3.42. The third-order valence-electron chi connectivity index (χ3n) is 3.92. The van der Waals surface area contributed by atoms with Gasteiger partial charge in [-0.2, -0.15) is 0 Å². The third-order valence-corrected chi connectivity index (χ3v) is 3.92. The Labute approximate surface area is 103 Å². The Morgan fingerprint density at radius 3 is 2.65 bits per heavy atom. The normalized spacial score (nSPS) is 40.1. The van der Waals surface area contributed by atoms with Crippen LogP contribution >= 0.6 is 0 Å². The number of likely N-dealkylation sites (tertiary alicyclic amines) is 1. The van der Waals surface area contributed by atoms with Crippen molar-refractivity contribution >= 4 is 13.8 Å². The summed E-state index contributed by atoms with van der Waals surface area (Å²) < 4.78 is 5.29. The van der Waals surface area contributed by atoms with Crippen LogP contribution in [0.5, 0.6) is 0 Å². The van der Waals surface area contributed by atoms with Crippen LogP contribution in [0.3, 0.4) is 0 Å². The lowest BCUT2D eigenvalue weighted by Crippen LogP contribution is -2.55. The number of fused-ring (bicyclic) bond motifs is 2. The third kappa shape index (κ3) is 2.08. The van der Waals surface area contributed by atoms with E-state index in [1.165, 1.54) is 6.42 Å². The van der Waals surface area contributed by atoms with Crippen molar-refractivity contribution in [2.24, 2.45) is 11.8 Å². The van der Waals surface area contributed by atoms with Crippen LogP contribution in [0.25, 0.3) is 0 Å². The molecule has 4 unspecified atom stereocenters. The summed E-state index contributed by atoms with van der Waals surface area (Å²) in [6.45, 7) is 3.73. The fourth-order valence-electron chi connectivity index (χ4n) is 3.10. The first-order valence-corrected chi connectivity index (χ1v) is 6.31. The number of piperidine rings is 2. The average Bonchev–Trinajstić information content (AvgIpc) is 2.74. The van der Waals surface area contributed by atoms with Gasteiger partial charge in [-0.15, -0.1) is 0 Å². The van der Waals surface area contributed by atoms with E-state index < -0.39 is 6.10 Å². The van der Waals surface area contributed by atoms with Crippen molar-refractivity contribution in [1.29, 1.82) is 0 Å². The van der Waals surface area contributed by atoms with Crippen molar-refractivity contribution in [3.05, 3.63) is 12.3 Å². The minimum atomic E-state index is -0.498. The SMILES string of the molecule is [B]C1C=COC1C(=O)N1CC2CNCC(C2)C1. The largest absolute Gasteiger partial charge is 0.489 e. The monoisotopic (exact) mass is 232 g/mol. The fraction of sp³-hybridized carbons (Fsp3) is 0.750. The summed E-state index contributed by atoms with van der Waals surface area (Å²) in [4.78, 5) is 14.2. The molecule has 5 heteroatoms. The molecule has 4 nitrogen and oxygen atoms in total. The Balaban J connectivity index is 1.66. The van der Waals surface area contributed by atoms with Crippen LogP contribution in [0.4, 0.5) is 0 Å². The number of carbonyl (C=O) groups excluding carboxylic acids is 1. The van der Waals surface area contributed by atoms with Crippen LogP contribution in [-0.2, 0) is 9.53 Å². The number of nitrogens with zero attached hydrogens (tertiary/aromatic N) is 1. The topological polar surface area (TPSA) is 41.6 Å². The number of carbonyl (C=O) groups is 1. The molecule has 2 radical (unpaired) electrons. The Morgan fingerprint density at radius 2 is 2.06 bits per heavy atom. The van der Waals surface area contributed by atoms with Gasteiger partial charge in [-0.05, 0) is 37.2 Å². The first-order valence-electron chi connectivity index (χ1n) is 6.31. The summed E-state index contributed by atoms with van der Waals surface area (Å²) in [7, 11) is 5.83. The molecule has 0 aromatic rings. The van der Waals surface area contributed by atoms with Crippen molar-refractivity contribution in [2.75, 3.05) is 26.2 Å². The first kappa shape index (κ1) is 11.1. The van der Waals surface area contributed by atoms with E-state index in [9.17, 15) is 4.79 Å². The fourth-order valence-corrected chi connectivity index (χ4v) is 3.10. The van der Waals surface area contributed by atoms with Gasteiger partial charge >= 0.3 is 0 Å². The molecular weight excluding hydrogens is 215 g/mol. The minimum absolute atomic E-state index is 0.0547.